The third kappa shape index (κ3) is 4.28. The topological polar surface area (TPSA) is 95.5 Å². The number of imidazole rings is 1. The van der Waals surface area contributed by atoms with E-state index in [1.807, 2.05) is 39.0 Å². The minimum absolute atomic E-state index is 0.00195. The molecule has 1 fully saturated rings. The van der Waals surface area contributed by atoms with Crippen molar-refractivity contribution < 1.29 is 19.4 Å². The summed E-state index contributed by atoms with van der Waals surface area (Å²) in [5, 5.41) is 11.3. The number of aromatic amines is 1. The normalized spacial score (nSPS) is 17.4. The van der Waals surface area contributed by atoms with Crippen LogP contribution in [0, 0.1) is 6.92 Å². The second-order valence-electron chi connectivity index (χ2n) is 8.99. The number of hydrogen-bond acceptors (Lipinski definition) is 5. The number of aliphatic hydroxyl groups excluding tert-OH is 1. The first-order valence-electron chi connectivity index (χ1n) is 11.5. The Balaban J connectivity index is 1.68. The molecule has 1 aliphatic rings. The van der Waals surface area contributed by atoms with E-state index in [0.717, 1.165) is 15.6 Å². The SMILES string of the molecule is Cc1ccc2nc(N3C(=O)C(=O)/C(=C(/O)c4ccc(Br)cc4)C3c3ccc(OC(C)C)cc3)[nH]c2c1. The first-order valence-corrected chi connectivity index (χ1v) is 12.3. The van der Waals surface area contributed by atoms with E-state index in [1.165, 1.54) is 4.90 Å². The highest BCUT2D eigenvalue weighted by Gasteiger charge is 2.48. The number of halogens is 1. The number of ether oxygens (including phenoxy) is 1. The Bertz CT molecular complexity index is 1500. The predicted molar refractivity (Wildman–Crippen MR) is 142 cm³/mol. The zero-order chi connectivity index (χ0) is 25.6. The highest BCUT2D eigenvalue weighted by Crippen LogP contribution is 2.42. The molecule has 0 spiro atoms. The van der Waals surface area contributed by atoms with E-state index in [-0.39, 0.29) is 23.4 Å². The van der Waals surface area contributed by atoms with E-state index >= 15 is 0 Å². The van der Waals surface area contributed by atoms with Crippen LogP contribution in [0.5, 0.6) is 5.75 Å². The van der Waals surface area contributed by atoms with Crippen molar-refractivity contribution in [1.82, 2.24) is 9.97 Å². The van der Waals surface area contributed by atoms with Crippen LogP contribution in [-0.4, -0.2) is 32.9 Å². The average Bonchev–Trinajstić information content (AvgIpc) is 3.37. The lowest BCUT2D eigenvalue weighted by molar-refractivity contribution is -0.132. The summed E-state index contributed by atoms with van der Waals surface area (Å²) in [4.78, 5) is 35.8. The molecule has 0 bridgehead atoms. The van der Waals surface area contributed by atoms with Gasteiger partial charge in [0.15, 0.2) is 0 Å². The van der Waals surface area contributed by atoms with Crippen molar-refractivity contribution in [3.63, 3.8) is 0 Å². The maximum absolute atomic E-state index is 13.4. The molecule has 5 rings (SSSR count). The standard InChI is InChI=1S/C28H24BrN3O4/c1-15(2)36-20-11-7-17(8-12-20)24-23(25(33)18-5-9-19(29)10-6-18)26(34)27(35)32(24)28-30-21-13-4-16(3)14-22(21)31-28/h4-15,24,33H,1-3H3,(H,30,31)/b25-23+. The number of fused-ring (bicyclic) bond motifs is 1. The van der Waals surface area contributed by atoms with Gasteiger partial charge in [0.1, 0.15) is 11.5 Å². The number of rotatable bonds is 5. The molecule has 1 atom stereocenters. The number of aromatic nitrogens is 2. The molecule has 2 heterocycles. The maximum atomic E-state index is 13.4. The molecule has 1 aliphatic heterocycles. The lowest BCUT2D eigenvalue weighted by atomic mass is 9.95. The van der Waals surface area contributed by atoms with E-state index in [4.69, 9.17) is 4.74 Å². The summed E-state index contributed by atoms with van der Waals surface area (Å²) >= 11 is 3.38. The molecular formula is C28H24BrN3O4. The summed E-state index contributed by atoms with van der Waals surface area (Å²) in [6.45, 7) is 5.83. The first-order chi connectivity index (χ1) is 17.2. The van der Waals surface area contributed by atoms with Gasteiger partial charge in [-0.3, -0.25) is 14.5 Å². The van der Waals surface area contributed by atoms with Crippen molar-refractivity contribution in [2.24, 2.45) is 0 Å². The Hall–Kier alpha value is -3.91. The first kappa shape index (κ1) is 23.8. The van der Waals surface area contributed by atoms with Gasteiger partial charge in [-0.25, -0.2) is 4.98 Å². The highest BCUT2D eigenvalue weighted by atomic mass is 79.9. The van der Waals surface area contributed by atoms with Gasteiger partial charge >= 0.3 is 5.91 Å². The van der Waals surface area contributed by atoms with Crippen LogP contribution in [0.4, 0.5) is 5.95 Å². The van der Waals surface area contributed by atoms with Crippen molar-refractivity contribution in [2.75, 3.05) is 4.90 Å². The van der Waals surface area contributed by atoms with Crippen molar-refractivity contribution in [2.45, 2.75) is 32.9 Å². The molecule has 7 nitrogen and oxygen atoms in total. The largest absolute Gasteiger partial charge is 0.507 e. The second kappa shape index (κ2) is 9.28. The van der Waals surface area contributed by atoms with Gasteiger partial charge < -0.3 is 14.8 Å². The molecule has 4 aromatic rings. The van der Waals surface area contributed by atoms with Crippen LogP contribution < -0.4 is 9.64 Å². The van der Waals surface area contributed by atoms with E-state index < -0.39 is 17.7 Å². The van der Waals surface area contributed by atoms with E-state index in [1.54, 1.807) is 48.5 Å². The van der Waals surface area contributed by atoms with E-state index in [2.05, 4.69) is 25.9 Å². The smallest absolute Gasteiger partial charge is 0.302 e. The van der Waals surface area contributed by atoms with Gasteiger partial charge in [0.05, 0.1) is 28.8 Å². The molecular weight excluding hydrogens is 522 g/mol. The summed E-state index contributed by atoms with van der Waals surface area (Å²) in [5.74, 6) is -0.891. The molecule has 36 heavy (non-hydrogen) atoms. The monoisotopic (exact) mass is 545 g/mol. The number of benzene rings is 3. The minimum atomic E-state index is -0.886. The van der Waals surface area contributed by atoms with Gasteiger partial charge in [-0.15, -0.1) is 0 Å². The fourth-order valence-electron chi connectivity index (χ4n) is 4.35. The van der Waals surface area contributed by atoms with Gasteiger partial charge in [-0.2, -0.15) is 0 Å². The molecule has 1 aromatic heterocycles. The van der Waals surface area contributed by atoms with Gasteiger partial charge in [0.2, 0.25) is 5.95 Å². The van der Waals surface area contributed by atoms with Gasteiger partial charge in [-0.1, -0.05) is 46.3 Å². The third-order valence-corrected chi connectivity index (χ3v) is 6.51. The molecule has 0 radical (unpaired) electrons. The third-order valence-electron chi connectivity index (χ3n) is 5.98. The average molecular weight is 546 g/mol. The summed E-state index contributed by atoms with van der Waals surface area (Å²) in [5.41, 5.74) is 3.52. The molecule has 182 valence electrons. The molecule has 1 amide bonds. The number of carbonyl (C=O) groups is 2. The maximum Gasteiger partial charge on any atom is 0.302 e. The number of aryl methyl sites for hydroxylation is 1. The Kier molecular flexibility index (Phi) is 6.14. The number of nitrogens with zero attached hydrogens (tertiary/aromatic N) is 2. The van der Waals surface area contributed by atoms with Gasteiger partial charge in [-0.05, 0) is 68.3 Å². The van der Waals surface area contributed by atoms with Crippen molar-refractivity contribution in [3.05, 3.63) is 93.5 Å². The number of anilines is 1. The molecule has 0 aliphatic carbocycles. The Labute approximate surface area is 216 Å². The van der Waals surface area contributed by atoms with Gasteiger partial charge in [0.25, 0.3) is 5.78 Å². The summed E-state index contributed by atoms with van der Waals surface area (Å²) < 4.78 is 6.59. The highest BCUT2D eigenvalue weighted by molar-refractivity contribution is 9.10. The molecule has 3 aromatic carbocycles. The fraction of sp³-hybridized carbons (Fsp3) is 0.179. The zero-order valence-electron chi connectivity index (χ0n) is 19.9. The Morgan fingerprint density at radius 2 is 1.75 bits per heavy atom. The minimum Gasteiger partial charge on any atom is -0.507 e. The van der Waals surface area contributed by atoms with Crippen LogP contribution in [0.25, 0.3) is 16.8 Å². The van der Waals surface area contributed by atoms with Crippen LogP contribution in [-0.2, 0) is 9.59 Å². The number of nitrogens with one attached hydrogen (secondary N) is 1. The van der Waals surface area contributed by atoms with Crippen LogP contribution >= 0.6 is 15.9 Å². The summed E-state index contributed by atoms with van der Waals surface area (Å²) in [7, 11) is 0. The fourth-order valence-corrected chi connectivity index (χ4v) is 4.62. The summed E-state index contributed by atoms with van der Waals surface area (Å²) in [6, 6.07) is 18.9. The number of aliphatic hydroxyl groups is 1. The van der Waals surface area contributed by atoms with Crippen LogP contribution in [0.2, 0.25) is 0 Å². The number of amides is 1. The summed E-state index contributed by atoms with van der Waals surface area (Å²) in [6.07, 6.45) is -0.00195. The van der Waals surface area contributed by atoms with Crippen molar-refractivity contribution >= 4 is 50.4 Å². The van der Waals surface area contributed by atoms with E-state index in [0.29, 0.717) is 22.4 Å². The van der Waals surface area contributed by atoms with Crippen LogP contribution in [0.15, 0.2) is 76.8 Å². The number of Topliss-reactive ketones (excluding diaryl/α,β-unsaturated/α-hetero) is 1. The van der Waals surface area contributed by atoms with Crippen molar-refractivity contribution in [1.29, 1.82) is 0 Å². The molecule has 8 heteroatoms. The lowest BCUT2D eigenvalue weighted by Crippen LogP contribution is -2.30. The number of hydrogen-bond donors (Lipinski definition) is 2. The molecule has 1 saturated heterocycles. The van der Waals surface area contributed by atoms with E-state index in [9.17, 15) is 14.7 Å². The molecule has 2 N–H and O–H groups in total. The van der Waals surface area contributed by atoms with Gasteiger partial charge in [0, 0.05) is 10.0 Å². The molecule has 1 unspecified atom stereocenters. The van der Waals surface area contributed by atoms with Crippen LogP contribution in [0.3, 0.4) is 0 Å². The Morgan fingerprint density at radius 3 is 2.42 bits per heavy atom. The second-order valence-corrected chi connectivity index (χ2v) is 9.91. The number of H-pyrrole nitrogens is 1. The molecule has 0 saturated carbocycles. The Morgan fingerprint density at radius 1 is 1.06 bits per heavy atom. The quantitative estimate of drug-likeness (QED) is 0.181. The number of carbonyl (C=O) groups excluding carboxylic acids is 2. The lowest BCUT2D eigenvalue weighted by Gasteiger charge is -2.23. The van der Waals surface area contributed by atoms with Crippen molar-refractivity contribution in [3.8, 4) is 5.75 Å². The zero-order valence-corrected chi connectivity index (χ0v) is 21.5. The van der Waals surface area contributed by atoms with Crippen LogP contribution in [0.1, 0.15) is 36.6 Å². The number of ketones is 1. The predicted octanol–water partition coefficient (Wildman–Crippen LogP) is 6.05.